The van der Waals surface area contributed by atoms with Crippen molar-refractivity contribution < 1.29 is 4.42 Å². The van der Waals surface area contributed by atoms with E-state index in [0.29, 0.717) is 0 Å². The molecule has 0 amide bonds. The van der Waals surface area contributed by atoms with Crippen molar-refractivity contribution in [2.75, 3.05) is 39.8 Å². The Morgan fingerprint density at radius 3 is 2.30 bits per heavy atom. The quantitative estimate of drug-likeness (QED) is 0.675. The maximum absolute atomic E-state index is 5.53. The lowest BCUT2D eigenvalue weighted by atomic mass is 10.2. The molecule has 0 aliphatic heterocycles. The van der Waals surface area contributed by atoms with Crippen LogP contribution in [0.4, 0.5) is 0 Å². The van der Waals surface area contributed by atoms with Crippen molar-refractivity contribution in [3.05, 3.63) is 23.7 Å². The van der Waals surface area contributed by atoms with Gasteiger partial charge in [0, 0.05) is 12.1 Å². The highest BCUT2D eigenvalue weighted by Gasteiger charge is 2.10. The summed E-state index contributed by atoms with van der Waals surface area (Å²) in [5.74, 6) is 1.06. The molecule has 0 aliphatic carbocycles. The van der Waals surface area contributed by atoms with Gasteiger partial charge in [-0.25, -0.2) is 0 Å². The zero-order valence-corrected chi connectivity index (χ0v) is 13.6. The molecule has 0 saturated carbocycles. The second kappa shape index (κ2) is 9.97. The summed E-state index contributed by atoms with van der Waals surface area (Å²) in [6, 6.07) is 2.10. The summed E-state index contributed by atoms with van der Waals surface area (Å²) >= 11 is 0. The number of nitrogens with one attached hydrogen (secondary N) is 1. The highest BCUT2D eigenvalue weighted by Crippen LogP contribution is 2.13. The Labute approximate surface area is 124 Å². The first-order valence-electron chi connectivity index (χ1n) is 7.89. The van der Waals surface area contributed by atoms with Crippen molar-refractivity contribution in [1.82, 2.24) is 15.1 Å². The monoisotopic (exact) mass is 281 g/mol. The van der Waals surface area contributed by atoms with Gasteiger partial charge >= 0.3 is 0 Å². The molecule has 4 heteroatoms. The Morgan fingerprint density at radius 1 is 1.05 bits per heavy atom. The van der Waals surface area contributed by atoms with E-state index >= 15 is 0 Å². The molecule has 0 spiro atoms. The summed E-state index contributed by atoms with van der Waals surface area (Å²) in [4.78, 5) is 4.98. The molecule has 0 aliphatic rings. The molecule has 0 unspecified atom stereocenters. The maximum atomic E-state index is 5.53. The Morgan fingerprint density at radius 2 is 1.70 bits per heavy atom. The molecule has 1 N–H and O–H groups in total. The average molecular weight is 281 g/mol. The van der Waals surface area contributed by atoms with E-state index < -0.39 is 0 Å². The van der Waals surface area contributed by atoms with Crippen LogP contribution >= 0.6 is 0 Å². The first-order chi connectivity index (χ1) is 9.74. The third-order valence-corrected chi connectivity index (χ3v) is 3.86. The van der Waals surface area contributed by atoms with Crippen molar-refractivity contribution >= 4 is 0 Å². The van der Waals surface area contributed by atoms with Gasteiger partial charge < -0.3 is 14.6 Å². The minimum Gasteiger partial charge on any atom is -0.468 e. The predicted molar refractivity (Wildman–Crippen MR) is 84.8 cm³/mol. The summed E-state index contributed by atoms with van der Waals surface area (Å²) in [5, 5.41) is 3.16. The maximum Gasteiger partial charge on any atom is 0.122 e. The van der Waals surface area contributed by atoms with Gasteiger partial charge in [-0.15, -0.1) is 0 Å². The normalized spacial score (nSPS) is 11.7. The second-order valence-corrected chi connectivity index (χ2v) is 5.15. The van der Waals surface area contributed by atoms with Crippen molar-refractivity contribution in [2.45, 2.75) is 40.3 Å². The van der Waals surface area contributed by atoms with E-state index in [9.17, 15) is 0 Å². The predicted octanol–water partition coefficient (Wildman–Crippen LogP) is 2.55. The molecule has 0 aromatic carbocycles. The van der Waals surface area contributed by atoms with Gasteiger partial charge in [0.05, 0.1) is 12.8 Å². The molecule has 1 heterocycles. The van der Waals surface area contributed by atoms with Crippen LogP contribution in [-0.2, 0) is 13.1 Å². The van der Waals surface area contributed by atoms with E-state index in [1.54, 1.807) is 6.26 Å². The van der Waals surface area contributed by atoms with E-state index in [1.165, 1.54) is 18.5 Å². The van der Waals surface area contributed by atoms with Crippen LogP contribution in [0.1, 0.15) is 38.5 Å². The van der Waals surface area contributed by atoms with Crippen LogP contribution in [0.2, 0.25) is 0 Å². The van der Waals surface area contributed by atoms with Crippen molar-refractivity contribution in [1.29, 1.82) is 0 Å². The molecule has 20 heavy (non-hydrogen) atoms. The molecular formula is C16H31N3O. The largest absolute Gasteiger partial charge is 0.468 e. The average Bonchev–Trinajstić information content (AvgIpc) is 2.90. The third kappa shape index (κ3) is 5.65. The van der Waals surface area contributed by atoms with E-state index in [4.69, 9.17) is 4.42 Å². The Kier molecular flexibility index (Phi) is 8.58. The summed E-state index contributed by atoms with van der Waals surface area (Å²) in [6.07, 6.45) is 3.03. The highest BCUT2D eigenvalue weighted by atomic mass is 16.3. The van der Waals surface area contributed by atoms with Gasteiger partial charge in [-0.3, -0.25) is 4.90 Å². The lowest BCUT2D eigenvalue weighted by Gasteiger charge is -2.23. The zero-order valence-electron chi connectivity index (χ0n) is 13.6. The fraction of sp³-hybridized carbons (Fsp3) is 0.750. The second-order valence-electron chi connectivity index (χ2n) is 5.15. The van der Waals surface area contributed by atoms with Gasteiger partial charge in [-0.1, -0.05) is 20.8 Å². The van der Waals surface area contributed by atoms with Crippen molar-refractivity contribution in [2.24, 2.45) is 0 Å². The van der Waals surface area contributed by atoms with Gasteiger partial charge in [0.15, 0.2) is 0 Å². The molecule has 0 bridgehead atoms. The molecule has 1 aromatic rings. The van der Waals surface area contributed by atoms with Gasteiger partial charge in [-0.2, -0.15) is 0 Å². The van der Waals surface area contributed by atoms with Crippen LogP contribution in [0, 0.1) is 0 Å². The third-order valence-electron chi connectivity index (χ3n) is 3.86. The Balaban J connectivity index is 2.40. The van der Waals surface area contributed by atoms with E-state index in [0.717, 1.165) is 45.0 Å². The molecule has 4 nitrogen and oxygen atoms in total. The molecule has 0 saturated heterocycles. The lowest BCUT2D eigenvalue weighted by Crippen LogP contribution is -2.30. The summed E-state index contributed by atoms with van der Waals surface area (Å²) < 4.78 is 5.53. The molecule has 116 valence electrons. The van der Waals surface area contributed by atoms with E-state index in [1.807, 2.05) is 7.05 Å². The van der Waals surface area contributed by atoms with Crippen molar-refractivity contribution in [3.8, 4) is 0 Å². The van der Waals surface area contributed by atoms with Crippen LogP contribution in [0.5, 0.6) is 0 Å². The van der Waals surface area contributed by atoms with Crippen LogP contribution < -0.4 is 5.32 Å². The highest BCUT2D eigenvalue weighted by molar-refractivity contribution is 5.16. The summed E-state index contributed by atoms with van der Waals surface area (Å²) in [7, 11) is 1.95. The molecule has 0 fully saturated rings. The summed E-state index contributed by atoms with van der Waals surface area (Å²) in [6.45, 7) is 14.2. The number of hydrogen-bond donors (Lipinski definition) is 1. The van der Waals surface area contributed by atoms with E-state index in [-0.39, 0.29) is 0 Å². The SMILES string of the molecule is CCN(CC)CCCN(CC)Cc1ccoc1CNC. The van der Waals surface area contributed by atoms with Gasteiger partial charge in [0.1, 0.15) is 5.76 Å². The number of furan rings is 1. The van der Waals surface area contributed by atoms with Crippen molar-refractivity contribution in [3.63, 3.8) is 0 Å². The zero-order chi connectivity index (χ0) is 14.8. The Hall–Kier alpha value is -0.840. The first-order valence-corrected chi connectivity index (χ1v) is 7.89. The Bertz CT molecular complexity index is 347. The number of rotatable bonds is 11. The van der Waals surface area contributed by atoms with Crippen LogP contribution in [0.15, 0.2) is 16.7 Å². The smallest absolute Gasteiger partial charge is 0.122 e. The lowest BCUT2D eigenvalue weighted by molar-refractivity contribution is 0.237. The molecule has 0 atom stereocenters. The number of hydrogen-bond acceptors (Lipinski definition) is 4. The van der Waals surface area contributed by atoms with E-state index in [2.05, 4.69) is 42.0 Å². The topological polar surface area (TPSA) is 31.6 Å². The van der Waals surface area contributed by atoms with Crippen LogP contribution in [0.25, 0.3) is 0 Å². The standard InChI is InChI=1S/C16H31N3O/c1-5-18(6-2)10-8-11-19(7-3)14-15-9-12-20-16(15)13-17-4/h9,12,17H,5-8,10-11,13-14H2,1-4H3. The van der Waals surface area contributed by atoms with Crippen LogP contribution in [0.3, 0.4) is 0 Å². The molecule has 1 rings (SSSR count). The van der Waals surface area contributed by atoms with Gasteiger partial charge in [-0.05, 0) is 52.3 Å². The first kappa shape index (κ1) is 17.2. The fourth-order valence-corrected chi connectivity index (χ4v) is 2.47. The molecule has 1 aromatic heterocycles. The summed E-state index contributed by atoms with van der Waals surface area (Å²) in [5.41, 5.74) is 1.31. The minimum atomic E-state index is 0.805. The fourth-order valence-electron chi connectivity index (χ4n) is 2.47. The minimum absolute atomic E-state index is 0.805. The molecular weight excluding hydrogens is 250 g/mol. The van der Waals surface area contributed by atoms with Gasteiger partial charge in [0.25, 0.3) is 0 Å². The molecule has 0 radical (unpaired) electrons. The number of nitrogens with zero attached hydrogens (tertiary/aromatic N) is 2. The van der Waals surface area contributed by atoms with Crippen LogP contribution in [-0.4, -0.2) is 49.6 Å². The van der Waals surface area contributed by atoms with Gasteiger partial charge in [0.2, 0.25) is 0 Å².